The van der Waals surface area contributed by atoms with Gasteiger partial charge in [0.05, 0.1) is 7.11 Å². The van der Waals surface area contributed by atoms with Gasteiger partial charge in [0.25, 0.3) is 5.91 Å². The van der Waals surface area contributed by atoms with E-state index in [2.05, 4.69) is 5.32 Å². The summed E-state index contributed by atoms with van der Waals surface area (Å²) >= 11 is 0. The first-order valence-electron chi connectivity index (χ1n) is 5.95. The van der Waals surface area contributed by atoms with Crippen LogP contribution in [0.1, 0.15) is 23.2 Å². The molecule has 1 amide bonds. The lowest BCUT2D eigenvalue weighted by Crippen LogP contribution is -2.33. The van der Waals surface area contributed by atoms with Crippen LogP contribution in [-0.4, -0.2) is 31.2 Å². The van der Waals surface area contributed by atoms with Gasteiger partial charge in [-0.3, -0.25) is 4.79 Å². The second kappa shape index (κ2) is 4.86. The van der Waals surface area contributed by atoms with Gasteiger partial charge in [-0.25, -0.2) is 0 Å². The van der Waals surface area contributed by atoms with E-state index in [9.17, 15) is 9.90 Å². The number of phenols is 1. The highest BCUT2D eigenvalue weighted by molar-refractivity contribution is 5.94. The maximum Gasteiger partial charge on any atom is 0.251 e. The summed E-state index contributed by atoms with van der Waals surface area (Å²) in [4.78, 5) is 11.9. The highest BCUT2D eigenvalue weighted by atomic mass is 16.5. The quantitative estimate of drug-likeness (QED) is 0.724. The van der Waals surface area contributed by atoms with E-state index in [-0.39, 0.29) is 17.1 Å². The number of methoxy groups -OCH3 is 1. The third kappa shape index (κ3) is 2.56. The zero-order valence-electron chi connectivity index (χ0n) is 10.4. The Morgan fingerprint density at radius 1 is 1.56 bits per heavy atom. The summed E-state index contributed by atoms with van der Waals surface area (Å²) in [6.07, 6.45) is 2.13. The third-order valence-corrected chi connectivity index (χ3v) is 3.46. The number of aromatic hydroxyl groups is 1. The molecule has 0 heterocycles. The van der Waals surface area contributed by atoms with Crippen LogP contribution in [0.5, 0.6) is 11.5 Å². The molecule has 1 aromatic rings. The van der Waals surface area contributed by atoms with Crippen LogP contribution in [0.3, 0.4) is 0 Å². The lowest BCUT2D eigenvalue weighted by Gasteiger charge is -2.13. The summed E-state index contributed by atoms with van der Waals surface area (Å²) in [5.74, 6) is 0.116. The Bertz CT molecular complexity index is 456. The minimum absolute atomic E-state index is 0.0369. The summed E-state index contributed by atoms with van der Waals surface area (Å²) in [5.41, 5.74) is 6.17. The molecule has 0 aromatic heterocycles. The van der Waals surface area contributed by atoms with Crippen molar-refractivity contribution in [3.05, 3.63) is 23.8 Å². The van der Waals surface area contributed by atoms with Crippen LogP contribution in [0.2, 0.25) is 0 Å². The maximum atomic E-state index is 11.9. The second-order valence-corrected chi connectivity index (χ2v) is 4.77. The Morgan fingerprint density at radius 2 is 2.28 bits per heavy atom. The topological polar surface area (TPSA) is 84.6 Å². The third-order valence-electron chi connectivity index (χ3n) is 3.46. The monoisotopic (exact) mass is 250 g/mol. The molecule has 2 rings (SSSR count). The minimum atomic E-state index is -0.201. The van der Waals surface area contributed by atoms with Crippen molar-refractivity contribution >= 4 is 5.91 Å². The molecule has 0 unspecified atom stereocenters. The minimum Gasteiger partial charge on any atom is -0.504 e. The molecular formula is C13H18N2O3. The molecule has 0 aliphatic heterocycles. The first-order chi connectivity index (χ1) is 8.60. The molecule has 98 valence electrons. The Morgan fingerprint density at radius 3 is 2.78 bits per heavy atom. The largest absolute Gasteiger partial charge is 0.504 e. The molecule has 0 bridgehead atoms. The van der Waals surface area contributed by atoms with Crippen molar-refractivity contribution in [3.8, 4) is 11.5 Å². The second-order valence-electron chi connectivity index (χ2n) is 4.77. The molecule has 1 aliphatic carbocycles. The molecule has 5 heteroatoms. The molecular weight excluding hydrogens is 232 g/mol. The summed E-state index contributed by atoms with van der Waals surface area (Å²) < 4.78 is 4.92. The van der Waals surface area contributed by atoms with Crippen LogP contribution in [0.4, 0.5) is 0 Å². The fourth-order valence-electron chi connectivity index (χ4n) is 1.83. The predicted molar refractivity (Wildman–Crippen MR) is 67.7 cm³/mol. The van der Waals surface area contributed by atoms with E-state index in [4.69, 9.17) is 10.5 Å². The molecule has 0 atom stereocenters. The number of hydrogen-bond acceptors (Lipinski definition) is 4. The highest BCUT2D eigenvalue weighted by Crippen LogP contribution is 2.43. The van der Waals surface area contributed by atoms with E-state index in [0.717, 1.165) is 12.8 Å². The van der Waals surface area contributed by atoms with E-state index in [1.807, 2.05) is 0 Å². The van der Waals surface area contributed by atoms with Gasteiger partial charge in [0.1, 0.15) is 0 Å². The van der Waals surface area contributed by atoms with E-state index in [1.165, 1.54) is 13.2 Å². The first kappa shape index (κ1) is 12.7. The molecule has 5 nitrogen and oxygen atoms in total. The number of rotatable bonds is 5. The number of phenolic OH excluding ortho intramolecular Hbond substituents is 1. The summed E-state index contributed by atoms with van der Waals surface area (Å²) in [5, 5.41) is 12.4. The zero-order chi connectivity index (χ0) is 13.2. The standard InChI is InChI=1S/C13H18N2O3/c1-18-11-3-2-9(6-10(11)16)12(17)15-8-13(7-14)4-5-13/h2-3,6,16H,4-5,7-8,14H2,1H3,(H,15,17). The van der Waals surface area contributed by atoms with Crippen molar-refractivity contribution in [1.29, 1.82) is 0 Å². The predicted octanol–water partition coefficient (Wildman–Crippen LogP) is 0.869. The zero-order valence-corrected chi connectivity index (χ0v) is 10.4. The van der Waals surface area contributed by atoms with Crippen LogP contribution < -0.4 is 15.8 Å². The number of amides is 1. The molecule has 18 heavy (non-hydrogen) atoms. The van der Waals surface area contributed by atoms with Crippen LogP contribution in [0.25, 0.3) is 0 Å². The van der Waals surface area contributed by atoms with Gasteiger partial charge in [0.2, 0.25) is 0 Å². The molecule has 1 aliphatic rings. The Labute approximate surface area is 106 Å². The Hall–Kier alpha value is -1.75. The van der Waals surface area contributed by atoms with Gasteiger partial charge in [-0.15, -0.1) is 0 Å². The first-order valence-corrected chi connectivity index (χ1v) is 5.95. The van der Waals surface area contributed by atoms with Crippen molar-refractivity contribution in [3.63, 3.8) is 0 Å². The molecule has 4 N–H and O–H groups in total. The van der Waals surface area contributed by atoms with Crippen LogP contribution >= 0.6 is 0 Å². The average Bonchev–Trinajstić information content (AvgIpc) is 3.16. The van der Waals surface area contributed by atoms with E-state index >= 15 is 0 Å². The SMILES string of the molecule is COc1ccc(C(=O)NCC2(CN)CC2)cc1O. The fraction of sp³-hybridized carbons (Fsp3) is 0.462. The number of carbonyl (C=O) groups is 1. The molecule has 0 radical (unpaired) electrons. The molecule has 1 saturated carbocycles. The Kier molecular flexibility index (Phi) is 3.43. The molecule has 1 aromatic carbocycles. The van der Waals surface area contributed by atoms with Crippen molar-refractivity contribution in [2.75, 3.05) is 20.2 Å². The van der Waals surface area contributed by atoms with Gasteiger partial charge in [-0.1, -0.05) is 0 Å². The van der Waals surface area contributed by atoms with Gasteiger partial charge in [0.15, 0.2) is 11.5 Å². The summed E-state index contributed by atoms with van der Waals surface area (Å²) in [6.45, 7) is 1.19. The van der Waals surface area contributed by atoms with Crippen LogP contribution in [-0.2, 0) is 0 Å². The van der Waals surface area contributed by atoms with Gasteiger partial charge in [-0.2, -0.15) is 0 Å². The smallest absolute Gasteiger partial charge is 0.251 e. The Balaban J connectivity index is 1.98. The van der Waals surface area contributed by atoms with Crippen molar-refractivity contribution in [2.45, 2.75) is 12.8 Å². The number of benzene rings is 1. The van der Waals surface area contributed by atoms with Gasteiger partial charge in [-0.05, 0) is 37.6 Å². The van der Waals surface area contributed by atoms with E-state index < -0.39 is 0 Å². The summed E-state index contributed by atoms with van der Waals surface area (Å²) in [7, 11) is 1.47. The van der Waals surface area contributed by atoms with Crippen LogP contribution in [0, 0.1) is 5.41 Å². The van der Waals surface area contributed by atoms with Gasteiger partial charge >= 0.3 is 0 Å². The van der Waals surface area contributed by atoms with Crippen molar-refractivity contribution in [2.24, 2.45) is 11.1 Å². The van der Waals surface area contributed by atoms with E-state index in [1.54, 1.807) is 12.1 Å². The number of nitrogens with one attached hydrogen (secondary N) is 1. The lowest BCUT2D eigenvalue weighted by molar-refractivity contribution is 0.0945. The van der Waals surface area contributed by atoms with Crippen molar-refractivity contribution < 1.29 is 14.6 Å². The molecule has 0 saturated heterocycles. The highest BCUT2D eigenvalue weighted by Gasteiger charge is 2.41. The fourth-order valence-corrected chi connectivity index (χ4v) is 1.83. The van der Waals surface area contributed by atoms with Gasteiger partial charge in [0, 0.05) is 17.5 Å². The average molecular weight is 250 g/mol. The molecule has 0 spiro atoms. The summed E-state index contributed by atoms with van der Waals surface area (Å²) in [6, 6.07) is 4.59. The lowest BCUT2D eigenvalue weighted by atomic mass is 10.1. The number of ether oxygens (including phenoxy) is 1. The van der Waals surface area contributed by atoms with E-state index in [0.29, 0.717) is 24.4 Å². The van der Waals surface area contributed by atoms with Crippen molar-refractivity contribution in [1.82, 2.24) is 5.32 Å². The van der Waals surface area contributed by atoms with Gasteiger partial charge < -0.3 is 20.9 Å². The van der Waals surface area contributed by atoms with Crippen LogP contribution in [0.15, 0.2) is 18.2 Å². The number of nitrogens with two attached hydrogens (primary N) is 1. The maximum absolute atomic E-state index is 11.9. The number of carbonyl (C=O) groups excluding carboxylic acids is 1. The normalized spacial score (nSPS) is 16.1. The number of hydrogen-bond donors (Lipinski definition) is 3. The molecule has 1 fully saturated rings.